The highest BCUT2D eigenvalue weighted by atomic mass is 16.5. The number of benzene rings is 1. The maximum Gasteiger partial charge on any atom is 0.244 e. The predicted octanol–water partition coefficient (Wildman–Crippen LogP) is 1.91. The molecule has 22 heavy (non-hydrogen) atoms. The van der Waals surface area contributed by atoms with Gasteiger partial charge in [0.05, 0.1) is 14.2 Å². The molecule has 122 valence electrons. The summed E-state index contributed by atoms with van der Waals surface area (Å²) in [5.41, 5.74) is 1.28. The largest absolute Gasteiger partial charge is 0.493 e. The molecule has 0 aromatic heterocycles. The zero-order chi connectivity index (χ0) is 16.5. The number of ether oxygens (including phenoxy) is 2. The van der Waals surface area contributed by atoms with Crippen molar-refractivity contribution in [2.24, 2.45) is 0 Å². The summed E-state index contributed by atoms with van der Waals surface area (Å²) in [5, 5.41) is 14.2. The molecule has 1 aliphatic rings. The highest BCUT2D eigenvalue weighted by Gasteiger charge is 2.36. The molecule has 0 aliphatic carbocycles. The number of fused-ring (bicyclic) bond motifs is 1. The Balaban J connectivity index is 2.45. The molecule has 1 aromatic carbocycles. The monoisotopic (exact) mass is 308 g/mol. The van der Waals surface area contributed by atoms with Gasteiger partial charge < -0.3 is 20.0 Å². The van der Waals surface area contributed by atoms with Crippen LogP contribution < -0.4 is 14.8 Å². The van der Waals surface area contributed by atoms with Gasteiger partial charge in [0.1, 0.15) is 6.04 Å². The molecule has 0 radical (unpaired) electrons. The molecule has 2 rings (SSSR count). The molecular weight excluding hydrogens is 284 g/mol. The first kappa shape index (κ1) is 16.6. The summed E-state index contributed by atoms with van der Waals surface area (Å²) in [6, 6.07) is 2.82. The molecule has 1 atom stereocenters. The van der Waals surface area contributed by atoms with Gasteiger partial charge in [0, 0.05) is 17.6 Å². The molecule has 0 saturated carbocycles. The lowest BCUT2D eigenvalue weighted by Crippen LogP contribution is -2.49. The van der Waals surface area contributed by atoms with Crippen molar-refractivity contribution in [3.05, 3.63) is 23.3 Å². The third-order valence-electron chi connectivity index (χ3n) is 3.61. The van der Waals surface area contributed by atoms with E-state index < -0.39 is 6.04 Å². The summed E-state index contributed by atoms with van der Waals surface area (Å²) in [4.78, 5) is 12.6. The van der Waals surface area contributed by atoms with Crippen LogP contribution in [-0.2, 0) is 11.2 Å². The number of carbonyl (C=O) groups is 1. The maximum absolute atomic E-state index is 12.6. The minimum Gasteiger partial charge on any atom is -0.493 e. The van der Waals surface area contributed by atoms with E-state index in [9.17, 15) is 10.0 Å². The average Bonchev–Trinajstić information content (AvgIpc) is 2.43. The highest BCUT2D eigenvalue weighted by Crippen LogP contribution is 2.40. The normalized spacial score (nSPS) is 18.5. The van der Waals surface area contributed by atoms with Crippen molar-refractivity contribution < 1.29 is 19.5 Å². The second kappa shape index (κ2) is 6.14. The number of hydrogen-bond acceptors (Lipinski definition) is 5. The second-order valence-electron chi connectivity index (χ2n) is 6.42. The molecule has 1 aromatic rings. The SMILES string of the molecule is COc1ccc2c(c1OC)CCN(O)C2C(=O)NC(C)(C)C. The molecule has 2 N–H and O–H groups in total. The first-order valence-electron chi connectivity index (χ1n) is 7.29. The Kier molecular flexibility index (Phi) is 4.63. The van der Waals surface area contributed by atoms with Crippen LogP contribution in [0.4, 0.5) is 0 Å². The molecule has 1 aliphatic heterocycles. The van der Waals surface area contributed by atoms with Gasteiger partial charge in [-0.3, -0.25) is 4.79 Å². The van der Waals surface area contributed by atoms with Crippen LogP contribution in [0, 0.1) is 0 Å². The van der Waals surface area contributed by atoms with Crippen molar-refractivity contribution >= 4 is 5.91 Å². The van der Waals surface area contributed by atoms with E-state index in [4.69, 9.17) is 9.47 Å². The third kappa shape index (κ3) is 3.18. The summed E-state index contributed by atoms with van der Waals surface area (Å²) in [7, 11) is 3.16. The van der Waals surface area contributed by atoms with Crippen molar-refractivity contribution in [1.82, 2.24) is 10.4 Å². The van der Waals surface area contributed by atoms with Crippen LogP contribution in [0.3, 0.4) is 0 Å². The van der Waals surface area contributed by atoms with Crippen LogP contribution in [0.5, 0.6) is 11.5 Å². The lowest BCUT2D eigenvalue weighted by Gasteiger charge is -2.34. The van der Waals surface area contributed by atoms with Crippen molar-refractivity contribution in [3.8, 4) is 11.5 Å². The van der Waals surface area contributed by atoms with Crippen LogP contribution in [-0.4, -0.2) is 42.5 Å². The molecule has 6 nitrogen and oxygen atoms in total. The van der Waals surface area contributed by atoms with Crippen LogP contribution in [0.15, 0.2) is 12.1 Å². The minimum atomic E-state index is -0.747. The maximum atomic E-state index is 12.6. The molecule has 1 amide bonds. The quantitative estimate of drug-likeness (QED) is 0.892. The number of rotatable bonds is 3. The van der Waals surface area contributed by atoms with Gasteiger partial charge >= 0.3 is 0 Å². The summed E-state index contributed by atoms with van der Waals surface area (Å²) in [5.74, 6) is 1.02. The Hall–Kier alpha value is -1.79. The van der Waals surface area contributed by atoms with E-state index in [1.54, 1.807) is 20.3 Å². The standard InChI is InChI=1S/C16H24N2O4/c1-16(2,3)17-15(19)13-10-6-7-12(21-4)14(22-5)11(10)8-9-18(13)20/h6-7,13,20H,8-9H2,1-5H3,(H,17,19). The number of amides is 1. The van der Waals surface area contributed by atoms with Gasteiger partial charge in [0.2, 0.25) is 5.91 Å². The highest BCUT2D eigenvalue weighted by molar-refractivity contribution is 5.84. The van der Waals surface area contributed by atoms with E-state index in [0.29, 0.717) is 24.5 Å². The van der Waals surface area contributed by atoms with Gasteiger partial charge in [-0.2, -0.15) is 5.06 Å². The molecular formula is C16H24N2O4. The number of nitrogens with zero attached hydrogens (tertiary/aromatic N) is 1. The lowest BCUT2D eigenvalue weighted by molar-refractivity contribution is -0.160. The van der Waals surface area contributed by atoms with Crippen molar-refractivity contribution in [2.45, 2.75) is 38.8 Å². The molecule has 1 unspecified atom stereocenters. The van der Waals surface area contributed by atoms with Gasteiger partial charge in [-0.25, -0.2) is 0 Å². The fraction of sp³-hybridized carbons (Fsp3) is 0.562. The zero-order valence-electron chi connectivity index (χ0n) is 13.8. The first-order valence-corrected chi connectivity index (χ1v) is 7.29. The zero-order valence-corrected chi connectivity index (χ0v) is 13.8. The summed E-state index contributed by atoms with van der Waals surface area (Å²) >= 11 is 0. The van der Waals surface area contributed by atoms with E-state index in [-0.39, 0.29) is 11.4 Å². The average molecular weight is 308 g/mol. The lowest BCUT2D eigenvalue weighted by atomic mass is 9.91. The molecule has 1 heterocycles. The summed E-state index contributed by atoms with van der Waals surface area (Å²) in [6.45, 7) is 6.08. The molecule has 6 heteroatoms. The fourth-order valence-corrected chi connectivity index (χ4v) is 2.75. The van der Waals surface area contributed by atoms with Gasteiger partial charge in [0.25, 0.3) is 0 Å². The third-order valence-corrected chi connectivity index (χ3v) is 3.61. The number of hydrogen-bond donors (Lipinski definition) is 2. The van der Waals surface area contributed by atoms with Crippen LogP contribution in [0.25, 0.3) is 0 Å². The topological polar surface area (TPSA) is 71.0 Å². The Labute approximate surface area is 131 Å². The molecule has 0 bridgehead atoms. The van der Waals surface area contributed by atoms with Crippen molar-refractivity contribution in [1.29, 1.82) is 0 Å². The molecule has 0 spiro atoms. The Morgan fingerprint density at radius 2 is 2.00 bits per heavy atom. The number of carbonyl (C=O) groups excluding carboxylic acids is 1. The van der Waals surface area contributed by atoms with Gasteiger partial charge in [-0.1, -0.05) is 6.07 Å². The number of methoxy groups -OCH3 is 2. The van der Waals surface area contributed by atoms with E-state index in [0.717, 1.165) is 16.2 Å². The van der Waals surface area contributed by atoms with Gasteiger partial charge in [-0.15, -0.1) is 0 Å². The predicted molar refractivity (Wildman–Crippen MR) is 82.4 cm³/mol. The van der Waals surface area contributed by atoms with E-state index in [1.807, 2.05) is 26.8 Å². The van der Waals surface area contributed by atoms with Gasteiger partial charge in [0.15, 0.2) is 11.5 Å². The van der Waals surface area contributed by atoms with Crippen LogP contribution in [0.1, 0.15) is 37.9 Å². The molecule has 0 saturated heterocycles. The number of nitrogens with one attached hydrogen (secondary N) is 1. The second-order valence-corrected chi connectivity index (χ2v) is 6.42. The first-order chi connectivity index (χ1) is 10.3. The van der Waals surface area contributed by atoms with Crippen molar-refractivity contribution in [3.63, 3.8) is 0 Å². The fourth-order valence-electron chi connectivity index (χ4n) is 2.75. The van der Waals surface area contributed by atoms with Crippen LogP contribution in [0.2, 0.25) is 0 Å². The van der Waals surface area contributed by atoms with Crippen LogP contribution >= 0.6 is 0 Å². The van der Waals surface area contributed by atoms with E-state index >= 15 is 0 Å². The molecule has 0 fully saturated rings. The minimum absolute atomic E-state index is 0.233. The van der Waals surface area contributed by atoms with Crippen molar-refractivity contribution in [2.75, 3.05) is 20.8 Å². The Morgan fingerprint density at radius 3 is 2.55 bits per heavy atom. The Bertz CT molecular complexity index is 566. The summed E-state index contributed by atoms with van der Waals surface area (Å²) < 4.78 is 10.7. The van der Waals surface area contributed by atoms with Gasteiger partial charge in [-0.05, 0) is 38.8 Å². The smallest absolute Gasteiger partial charge is 0.244 e. The van der Waals surface area contributed by atoms with E-state index in [2.05, 4.69) is 5.32 Å². The van der Waals surface area contributed by atoms with E-state index in [1.165, 1.54) is 0 Å². The Morgan fingerprint density at radius 1 is 1.32 bits per heavy atom. The summed E-state index contributed by atoms with van der Waals surface area (Å²) in [6.07, 6.45) is 0.589. The number of hydroxylamine groups is 2.